The minimum Gasteiger partial charge on any atom is -0.369 e. The van der Waals surface area contributed by atoms with Gasteiger partial charge in [0.15, 0.2) is 0 Å². The van der Waals surface area contributed by atoms with Crippen molar-refractivity contribution in [1.29, 1.82) is 5.26 Å². The van der Waals surface area contributed by atoms with Gasteiger partial charge in [0.05, 0.1) is 17.8 Å². The number of halogens is 1. The molecule has 5 heteroatoms. The highest BCUT2D eigenvalue weighted by Gasteiger charge is 2.43. The average molecular weight is 391 g/mol. The van der Waals surface area contributed by atoms with Gasteiger partial charge in [-0.15, -0.1) is 0 Å². The third kappa shape index (κ3) is 3.31. The lowest BCUT2D eigenvalue weighted by Gasteiger charge is -2.45. The molecule has 2 heterocycles. The first-order valence-electron chi connectivity index (χ1n) is 10.6. The molecular weight excluding hydrogens is 365 g/mol. The van der Waals surface area contributed by atoms with Crippen LogP contribution in [0.1, 0.15) is 42.4 Å². The zero-order valence-electron chi connectivity index (χ0n) is 16.6. The summed E-state index contributed by atoms with van der Waals surface area (Å²) in [7, 11) is 0. The Morgan fingerprint density at radius 1 is 1.03 bits per heavy atom. The minimum absolute atomic E-state index is 0.0606. The maximum atomic E-state index is 14.0. The molecule has 0 atom stereocenters. The molecule has 1 aliphatic carbocycles. The molecule has 2 aliphatic heterocycles. The number of ether oxygens (including phenoxy) is 1. The SMILES string of the molecule is N#Cc1ccc(N2CCN(C3CCC4(CC3)OCc3ccccc34)CC2)cc1F. The van der Waals surface area contributed by atoms with Gasteiger partial charge in [-0.05, 0) is 55.0 Å². The Balaban J connectivity index is 1.19. The molecule has 0 N–H and O–H groups in total. The molecule has 1 saturated heterocycles. The van der Waals surface area contributed by atoms with E-state index in [-0.39, 0.29) is 11.2 Å². The molecule has 4 nitrogen and oxygen atoms in total. The van der Waals surface area contributed by atoms with E-state index in [4.69, 9.17) is 10.00 Å². The van der Waals surface area contributed by atoms with Gasteiger partial charge in [0.25, 0.3) is 0 Å². The van der Waals surface area contributed by atoms with Crippen molar-refractivity contribution >= 4 is 5.69 Å². The highest BCUT2D eigenvalue weighted by molar-refractivity contribution is 5.50. The van der Waals surface area contributed by atoms with E-state index in [1.165, 1.54) is 30.0 Å². The standard InChI is InChI=1S/C24H26FN3O/c25-23-15-21(6-5-18(23)16-26)28-13-11-27(12-14-28)20-7-9-24(10-8-20)22-4-2-1-3-19(22)17-29-24/h1-6,15,20H,7-14,17H2. The number of nitriles is 1. The molecule has 0 unspecified atom stereocenters. The van der Waals surface area contributed by atoms with Crippen LogP contribution in [0.4, 0.5) is 10.1 Å². The van der Waals surface area contributed by atoms with Crippen LogP contribution >= 0.6 is 0 Å². The predicted molar refractivity (Wildman–Crippen MR) is 110 cm³/mol. The largest absolute Gasteiger partial charge is 0.369 e. The molecule has 2 aromatic carbocycles. The quantitative estimate of drug-likeness (QED) is 0.770. The average Bonchev–Trinajstić information content (AvgIpc) is 3.13. The summed E-state index contributed by atoms with van der Waals surface area (Å²) in [5.74, 6) is -0.429. The second-order valence-electron chi connectivity index (χ2n) is 8.47. The second-order valence-corrected chi connectivity index (χ2v) is 8.47. The van der Waals surface area contributed by atoms with Crippen molar-refractivity contribution in [1.82, 2.24) is 4.90 Å². The van der Waals surface area contributed by atoms with E-state index in [9.17, 15) is 4.39 Å². The molecule has 0 amide bonds. The third-order valence-corrected chi connectivity index (χ3v) is 7.04. The highest BCUT2D eigenvalue weighted by Crippen LogP contribution is 2.47. The summed E-state index contributed by atoms with van der Waals surface area (Å²) >= 11 is 0. The van der Waals surface area contributed by atoms with E-state index in [0.29, 0.717) is 6.04 Å². The van der Waals surface area contributed by atoms with Crippen molar-refractivity contribution in [3.63, 3.8) is 0 Å². The fourth-order valence-corrected chi connectivity index (χ4v) is 5.37. The van der Waals surface area contributed by atoms with Crippen molar-refractivity contribution < 1.29 is 9.13 Å². The molecule has 29 heavy (non-hydrogen) atoms. The van der Waals surface area contributed by atoms with Crippen LogP contribution in [0, 0.1) is 17.1 Å². The lowest BCUT2D eigenvalue weighted by molar-refractivity contribution is -0.0777. The number of benzene rings is 2. The Labute approximate surface area is 171 Å². The molecule has 150 valence electrons. The number of hydrogen-bond donors (Lipinski definition) is 0. The number of hydrogen-bond acceptors (Lipinski definition) is 4. The van der Waals surface area contributed by atoms with Gasteiger partial charge in [-0.25, -0.2) is 4.39 Å². The van der Waals surface area contributed by atoms with Crippen LogP contribution in [-0.2, 0) is 16.9 Å². The molecule has 2 aromatic rings. The first-order chi connectivity index (χ1) is 14.2. The van der Waals surface area contributed by atoms with Gasteiger partial charge in [0.2, 0.25) is 0 Å². The maximum Gasteiger partial charge on any atom is 0.143 e. The van der Waals surface area contributed by atoms with E-state index >= 15 is 0 Å². The van der Waals surface area contributed by atoms with Crippen molar-refractivity contribution in [2.45, 2.75) is 43.9 Å². The van der Waals surface area contributed by atoms with E-state index in [1.54, 1.807) is 6.07 Å². The fraction of sp³-hybridized carbons (Fsp3) is 0.458. The lowest BCUT2D eigenvalue weighted by atomic mass is 9.77. The van der Waals surface area contributed by atoms with Gasteiger partial charge in [0, 0.05) is 37.9 Å². The molecule has 3 aliphatic rings. The van der Waals surface area contributed by atoms with Crippen molar-refractivity contribution in [3.8, 4) is 6.07 Å². The summed E-state index contributed by atoms with van der Waals surface area (Å²) in [4.78, 5) is 4.83. The second kappa shape index (κ2) is 7.44. The number of anilines is 1. The topological polar surface area (TPSA) is 39.5 Å². The highest BCUT2D eigenvalue weighted by atomic mass is 19.1. The van der Waals surface area contributed by atoms with Crippen molar-refractivity contribution in [3.05, 3.63) is 65.0 Å². The van der Waals surface area contributed by atoms with Gasteiger partial charge >= 0.3 is 0 Å². The monoisotopic (exact) mass is 391 g/mol. The van der Waals surface area contributed by atoms with Crippen LogP contribution in [0.25, 0.3) is 0 Å². The molecule has 0 bridgehead atoms. The molecule has 1 saturated carbocycles. The van der Waals surface area contributed by atoms with Gasteiger partial charge in [-0.3, -0.25) is 4.90 Å². The zero-order chi connectivity index (χ0) is 19.8. The van der Waals surface area contributed by atoms with E-state index < -0.39 is 5.82 Å². The summed E-state index contributed by atoms with van der Waals surface area (Å²) in [6.45, 7) is 4.53. The van der Waals surface area contributed by atoms with Crippen molar-refractivity contribution in [2.75, 3.05) is 31.1 Å². The van der Waals surface area contributed by atoms with Crippen LogP contribution in [0.5, 0.6) is 0 Å². The first kappa shape index (κ1) is 18.6. The number of piperazine rings is 1. The van der Waals surface area contributed by atoms with Crippen LogP contribution in [-0.4, -0.2) is 37.1 Å². The molecule has 5 rings (SSSR count). The van der Waals surface area contributed by atoms with Gasteiger partial charge in [0.1, 0.15) is 11.9 Å². The first-order valence-corrected chi connectivity index (χ1v) is 10.6. The summed E-state index contributed by atoms with van der Waals surface area (Å²) in [6, 6.07) is 16.1. The third-order valence-electron chi connectivity index (χ3n) is 7.04. The Hall–Kier alpha value is -2.42. The van der Waals surface area contributed by atoms with Crippen molar-refractivity contribution in [2.24, 2.45) is 0 Å². The Morgan fingerprint density at radius 3 is 2.52 bits per heavy atom. The van der Waals surface area contributed by atoms with Gasteiger partial charge in [-0.1, -0.05) is 24.3 Å². The zero-order valence-corrected chi connectivity index (χ0v) is 16.6. The normalized spacial score (nSPS) is 27.0. The van der Waals surface area contributed by atoms with Gasteiger partial charge in [-0.2, -0.15) is 5.26 Å². The van der Waals surface area contributed by atoms with Crippen LogP contribution in [0.3, 0.4) is 0 Å². The van der Waals surface area contributed by atoms with E-state index in [0.717, 1.165) is 51.3 Å². The Bertz CT molecular complexity index is 937. The number of fused-ring (bicyclic) bond motifs is 2. The minimum atomic E-state index is -0.429. The number of rotatable bonds is 2. The Kier molecular flexibility index (Phi) is 4.77. The fourth-order valence-electron chi connectivity index (χ4n) is 5.37. The number of nitrogens with zero attached hydrogens (tertiary/aromatic N) is 3. The summed E-state index contributed by atoms with van der Waals surface area (Å²) in [5, 5.41) is 8.91. The van der Waals surface area contributed by atoms with Crippen LogP contribution in [0.2, 0.25) is 0 Å². The molecule has 2 fully saturated rings. The molecular formula is C24H26FN3O. The summed E-state index contributed by atoms with van der Waals surface area (Å²) in [5.41, 5.74) is 3.69. The Morgan fingerprint density at radius 2 is 1.79 bits per heavy atom. The lowest BCUT2D eigenvalue weighted by Crippen LogP contribution is -2.52. The smallest absolute Gasteiger partial charge is 0.143 e. The maximum absolute atomic E-state index is 14.0. The molecule has 1 spiro atoms. The van der Waals surface area contributed by atoms with E-state index in [1.807, 2.05) is 12.1 Å². The van der Waals surface area contributed by atoms with Crippen LogP contribution in [0.15, 0.2) is 42.5 Å². The van der Waals surface area contributed by atoms with E-state index in [2.05, 4.69) is 34.1 Å². The molecule has 0 aromatic heterocycles. The summed E-state index contributed by atoms with van der Waals surface area (Å²) in [6.07, 6.45) is 4.52. The molecule has 0 radical (unpaired) electrons. The predicted octanol–water partition coefficient (Wildman–Crippen LogP) is 4.19. The van der Waals surface area contributed by atoms with Gasteiger partial charge < -0.3 is 9.64 Å². The van der Waals surface area contributed by atoms with Crippen LogP contribution < -0.4 is 4.90 Å². The summed E-state index contributed by atoms with van der Waals surface area (Å²) < 4.78 is 20.3.